The van der Waals surface area contributed by atoms with E-state index in [1.165, 1.54) is 11.3 Å². The number of rotatable bonds is 7. The standard InChI is InChI=1S/C21H23N3O2S2/c1-13-5-4-6-15(11-13)19(25)22-17(9-10-27-3)20(26)24-21-23-16-8-7-14(2)12-18(16)28-21/h4-8,11-12,17H,9-10H2,1-3H3,(H,22,25)(H,23,24,26). The highest BCUT2D eigenvalue weighted by molar-refractivity contribution is 7.98. The van der Waals surface area contributed by atoms with E-state index in [9.17, 15) is 9.59 Å². The molecule has 146 valence electrons. The first-order valence-electron chi connectivity index (χ1n) is 9.01. The average molecular weight is 414 g/mol. The van der Waals surface area contributed by atoms with E-state index >= 15 is 0 Å². The van der Waals surface area contributed by atoms with E-state index < -0.39 is 6.04 Å². The Morgan fingerprint density at radius 2 is 1.93 bits per heavy atom. The number of hydrogen-bond donors (Lipinski definition) is 2. The summed E-state index contributed by atoms with van der Waals surface area (Å²) in [7, 11) is 0. The van der Waals surface area contributed by atoms with Crippen molar-refractivity contribution in [1.82, 2.24) is 10.3 Å². The van der Waals surface area contributed by atoms with Crippen molar-refractivity contribution >= 4 is 50.3 Å². The normalized spacial score (nSPS) is 12.0. The Kier molecular flexibility index (Phi) is 6.70. The van der Waals surface area contributed by atoms with Gasteiger partial charge in [0, 0.05) is 5.56 Å². The number of carbonyl (C=O) groups excluding carboxylic acids is 2. The smallest absolute Gasteiger partial charge is 0.251 e. The van der Waals surface area contributed by atoms with Crippen molar-refractivity contribution in [3.05, 3.63) is 59.2 Å². The van der Waals surface area contributed by atoms with Gasteiger partial charge >= 0.3 is 0 Å². The number of fused-ring (bicyclic) bond motifs is 1. The molecular weight excluding hydrogens is 390 g/mol. The fourth-order valence-electron chi connectivity index (χ4n) is 2.81. The van der Waals surface area contributed by atoms with E-state index in [0.29, 0.717) is 17.1 Å². The predicted molar refractivity (Wildman–Crippen MR) is 118 cm³/mol. The Morgan fingerprint density at radius 3 is 2.68 bits per heavy atom. The SMILES string of the molecule is CSCCC(NC(=O)c1cccc(C)c1)C(=O)Nc1nc2ccc(C)cc2s1. The van der Waals surface area contributed by atoms with Crippen molar-refractivity contribution in [2.75, 3.05) is 17.3 Å². The largest absolute Gasteiger partial charge is 0.340 e. The van der Waals surface area contributed by atoms with Crippen molar-refractivity contribution in [3.8, 4) is 0 Å². The monoisotopic (exact) mass is 413 g/mol. The molecule has 3 aromatic rings. The minimum absolute atomic E-state index is 0.245. The molecule has 0 aliphatic rings. The van der Waals surface area contributed by atoms with Crippen LogP contribution in [0.4, 0.5) is 5.13 Å². The van der Waals surface area contributed by atoms with E-state index in [1.807, 2.05) is 56.5 Å². The molecule has 0 aliphatic heterocycles. The molecule has 7 heteroatoms. The van der Waals surface area contributed by atoms with Crippen molar-refractivity contribution in [2.24, 2.45) is 0 Å². The van der Waals surface area contributed by atoms with Gasteiger partial charge in [0.2, 0.25) is 5.91 Å². The first-order valence-corrected chi connectivity index (χ1v) is 11.2. The molecule has 3 rings (SSSR count). The summed E-state index contributed by atoms with van der Waals surface area (Å²) >= 11 is 3.08. The summed E-state index contributed by atoms with van der Waals surface area (Å²) in [5.74, 6) is 0.279. The van der Waals surface area contributed by atoms with Crippen LogP contribution in [0.2, 0.25) is 0 Å². The Hall–Kier alpha value is -2.38. The van der Waals surface area contributed by atoms with Crippen LogP contribution in [-0.4, -0.2) is 34.8 Å². The average Bonchev–Trinajstić information content (AvgIpc) is 3.06. The first kappa shape index (κ1) is 20.4. The van der Waals surface area contributed by atoms with E-state index in [2.05, 4.69) is 15.6 Å². The highest BCUT2D eigenvalue weighted by Gasteiger charge is 2.22. The van der Waals surface area contributed by atoms with Crippen LogP contribution in [0.1, 0.15) is 27.9 Å². The van der Waals surface area contributed by atoms with Gasteiger partial charge in [-0.25, -0.2) is 4.98 Å². The molecule has 0 fully saturated rings. The fraction of sp³-hybridized carbons (Fsp3) is 0.286. The zero-order valence-corrected chi connectivity index (χ0v) is 17.7. The maximum atomic E-state index is 12.8. The second kappa shape index (κ2) is 9.21. The topological polar surface area (TPSA) is 71.1 Å². The summed E-state index contributed by atoms with van der Waals surface area (Å²) in [5, 5.41) is 6.29. The summed E-state index contributed by atoms with van der Waals surface area (Å²) in [5.41, 5.74) is 3.56. The number of thioether (sulfide) groups is 1. The molecule has 0 radical (unpaired) electrons. The van der Waals surface area contributed by atoms with Crippen LogP contribution in [0, 0.1) is 13.8 Å². The molecule has 0 spiro atoms. The summed E-state index contributed by atoms with van der Waals surface area (Å²) in [6.45, 7) is 3.96. The van der Waals surface area contributed by atoms with Gasteiger partial charge in [-0.1, -0.05) is 35.1 Å². The van der Waals surface area contributed by atoms with Crippen molar-refractivity contribution in [1.29, 1.82) is 0 Å². The van der Waals surface area contributed by atoms with Crippen molar-refractivity contribution in [2.45, 2.75) is 26.3 Å². The van der Waals surface area contributed by atoms with Crippen molar-refractivity contribution < 1.29 is 9.59 Å². The molecule has 5 nitrogen and oxygen atoms in total. The Labute approximate surface area is 172 Å². The molecule has 0 aliphatic carbocycles. The number of nitrogens with zero attached hydrogens (tertiary/aromatic N) is 1. The third kappa shape index (κ3) is 5.11. The number of anilines is 1. The van der Waals surface area contributed by atoms with E-state index in [4.69, 9.17) is 0 Å². The number of benzene rings is 2. The number of aryl methyl sites for hydroxylation is 2. The summed E-state index contributed by atoms with van der Waals surface area (Å²) < 4.78 is 1.03. The van der Waals surface area contributed by atoms with Gasteiger partial charge in [0.15, 0.2) is 5.13 Å². The molecule has 0 saturated carbocycles. The molecule has 0 bridgehead atoms. The predicted octanol–water partition coefficient (Wildman–Crippen LogP) is 4.40. The van der Waals surface area contributed by atoms with Crippen LogP contribution < -0.4 is 10.6 Å². The van der Waals surface area contributed by atoms with Gasteiger partial charge in [-0.15, -0.1) is 0 Å². The number of hydrogen-bond acceptors (Lipinski definition) is 5. The number of carbonyl (C=O) groups is 2. The maximum Gasteiger partial charge on any atom is 0.251 e. The maximum absolute atomic E-state index is 12.8. The lowest BCUT2D eigenvalue weighted by molar-refractivity contribution is -0.118. The highest BCUT2D eigenvalue weighted by Crippen LogP contribution is 2.26. The minimum Gasteiger partial charge on any atom is -0.340 e. The fourth-order valence-corrected chi connectivity index (χ4v) is 4.25. The van der Waals surface area contributed by atoms with Crippen LogP contribution in [0.15, 0.2) is 42.5 Å². The van der Waals surface area contributed by atoms with Crippen LogP contribution in [0.5, 0.6) is 0 Å². The zero-order valence-electron chi connectivity index (χ0n) is 16.1. The lowest BCUT2D eigenvalue weighted by Crippen LogP contribution is -2.44. The molecule has 2 N–H and O–H groups in total. The second-order valence-corrected chi connectivity index (χ2v) is 8.67. The molecule has 1 aromatic heterocycles. The molecule has 1 unspecified atom stereocenters. The molecular formula is C21H23N3O2S2. The molecule has 2 amide bonds. The van der Waals surface area contributed by atoms with Gasteiger partial charge in [-0.05, 0) is 62.1 Å². The van der Waals surface area contributed by atoms with Gasteiger partial charge in [0.05, 0.1) is 10.2 Å². The third-order valence-electron chi connectivity index (χ3n) is 4.29. The van der Waals surface area contributed by atoms with Gasteiger partial charge in [0.1, 0.15) is 6.04 Å². The van der Waals surface area contributed by atoms with Crippen LogP contribution in [0.3, 0.4) is 0 Å². The quantitative estimate of drug-likeness (QED) is 0.602. The van der Waals surface area contributed by atoms with Crippen LogP contribution >= 0.6 is 23.1 Å². The lowest BCUT2D eigenvalue weighted by atomic mass is 10.1. The third-order valence-corrected chi connectivity index (χ3v) is 5.86. The molecule has 1 heterocycles. The molecule has 1 atom stereocenters. The minimum atomic E-state index is -0.616. The number of amides is 2. The Bertz CT molecular complexity index is 1000. The summed E-state index contributed by atoms with van der Waals surface area (Å²) in [4.78, 5) is 29.9. The Morgan fingerprint density at radius 1 is 1.14 bits per heavy atom. The van der Waals surface area contributed by atoms with Gasteiger partial charge in [-0.2, -0.15) is 11.8 Å². The summed E-state index contributed by atoms with van der Waals surface area (Å²) in [6.07, 6.45) is 2.53. The molecule has 0 saturated heterocycles. The zero-order chi connectivity index (χ0) is 20.1. The van der Waals surface area contributed by atoms with Gasteiger partial charge in [-0.3, -0.25) is 9.59 Å². The van der Waals surface area contributed by atoms with Crippen molar-refractivity contribution in [3.63, 3.8) is 0 Å². The first-order chi connectivity index (χ1) is 13.5. The number of aromatic nitrogens is 1. The Balaban J connectivity index is 1.73. The molecule has 28 heavy (non-hydrogen) atoms. The number of nitrogens with one attached hydrogen (secondary N) is 2. The highest BCUT2D eigenvalue weighted by atomic mass is 32.2. The second-order valence-electron chi connectivity index (χ2n) is 6.66. The van der Waals surface area contributed by atoms with E-state index in [1.54, 1.807) is 17.8 Å². The van der Waals surface area contributed by atoms with Crippen LogP contribution in [0.25, 0.3) is 10.2 Å². The van der Waals surface area contributed by atoms with E-state index in [0.717, 1.165) is 27.1 Å². The van der Waals surface area contributed by atoms with Crippen LogP contribution in [-0.2, 0) is 4.79 Å². The molecule has 2 aromatic carbocycles. The summed E-state index contributed by atoms with van der Waals surface area (Å²) in [6, 6.07) is 12.7. The van der Waals surface area contributed by atoms with Gasteiger partial charge < -0.3 is 10.6 Å². The lowest BCUT2D eigenvalue weighted by Gasteiger charge is -2.17. The van der Waals surface area contributed by atoms with E-state index in [-0.39, 0.29) is 11.8 Å². The van der Waals surface area contributed by atoms with Gasteiger partial charge in [0.25, 0.3) is 5.91 Å². The number of thiazole rings is 1.